The number of nitrogens with zero attached hydrogens (tertiary/aromatic N) is 2. The van der Waals surface area contributed by atoms with Gasteiger partial charge in [-0.05, 0) is 38.6 Å². The van der Waals surface area contributed by atoms with E-state index in [4.69, 9.17) is 11.6 Å². The van der Waals surface area contributed by atoms with Gasteiger partial charge >= 0.3 is 0 Å². The Hall–Kier alpha value is -1.06. The minimum absolute atomic E-state index is 0.0150. The molecule has 3 nitrogen and oxygen atoms in total. The average Bonchev–Trinajstić information content (AvgIpc) is 2.34. The molecule has 98 valence electrons. The Kier molecular flexibility index (Phi) is 4.25. The zero-order chi connectivity index (χ0) is 13.1. The first-order valence-electron chi connectivity index (χ1n) is 6.28. The number of likely N-dealkylation sites (N-methyl/N-ethyl adjacent to an activating group) is 1. The second-order valence-corrected chi connectivity index (χ2v) is 5.38. The maximum absolute atomic E-state index is 12.3. The molecular weight excluding hydrogens is 248 g/mol. The highest BCUT2D eigenvalue weighted by Gasteiger charge is 2.30. The van der Waals surface area contributed by atoms with Gasteiger partial charge in [0.2, 0.25) is 5.91 Å². The molecule has 0 spiro atoms. The Labute approximate surface area is 113 Å². The lowest BCUT2D eigenvalue weighted by Gasteiger charge is -2.35. The highest BCUT2D eigenvalue weighted by Crippen LogP contribution is 2.21. The fourth-order valence-electron chi connectivity index (χ4n) is 2.39. The van der Waals surface area contributed by atoms with E-state index in [0.717, 1.165) is 30.0 Å². The topological polar surface area (TPSA) is 23.6 Å². The summed E-state index contributed by atoms with van der Waals surface area (Å²) >= 11 is 6.14. The quantitative estimate of drug-likeness (QED) is 0.839. The lowest BCUT2D eigenvalue weighted by molar-refractivity contribution is -0.139. The summed E-state index contributed by atoms with van der Waals surface area (Å²) in [6.45, 7) is 1.44. The fraction of sp³-hybridized carbons (Fsp3) is 0.500. The normalized spacial score (nSPS) is 20.6. The largest absolute Gasteiger partial charge is 0.337 e. The fourth-order valence-corrected chi connectivity index (χ4v) is 2.58. The van der Waals surface area contributed by atoms with Gasteiger partial charge in [-0.2, -0.15) is 0 Å². The number of piperidine rings is 1. The van der Waals surface area contributed by atoms with Gasteiger partial charge in [0.05, 0.1) is 6.04 Å². The Morgan fingerprint density at radius 2 is 2.11 bits per heavy atom. The number of amides is 1. The van der Waals surface area contributed by atoms with E-state index in [0.29, 0.717) is 6.54 Å². The Morgan fingerprint density at radius 1 is 1.39 bits per heavy atom. The molecular formula is C14H19ClN2O. The third kappa shape index (κ3) is 2.85. The molecule has 1 aliphatic heterocycles. The summed E-state index contributed by atoms with van der Waals surface area (Å²) in [5.74, 6) is 0.214. The third-order valence-electron chi connectivity index (χ3n) is 3.44. The van der Waals surface area contributed by atoms with Crippen LogP contribution in [0.15, 0.2) is 24.3 Å². The van der Waals surface area contributed by atoms with Gasteiger partial charge in [-0.15, -0.1) is 0 Å². The first-order chi connectivity index (χ1) is 8.59. The van der Waals surface area contributed by atoms with E-state index in [1.165, 1.54) is 0 Å². The molecule has 0 saturated carbocycles. The van der Waals surface area contributed by atoms with Gasteiger partial charge in [-0.3, -0.25) is 9.69 Å². The smallest absolute Gasteiger partial charge is 0.240 e. The maximum atomic E-state index is 12.3. The summed E-state index contributed by atoms with van der Waals surface area (Å²) in [7, 11) is 3.92. The molecule has 0 radical (unpaired) electrons. The lowest BCUT2D eigenvalue weighted by atomic mass is 10.0. The first-order valence-corrected chi connectivity index (χ1v) is 6.66. The molecule has 1 saturated heterocycles. The molecule has 0 unspecified atom stereocenters. The van der Waals surface area contributed by atoms with E-state index in [9.17, 15) is 4.79 Å². The van der Waals surface area contributed by atoms with Crippen LogP contribution in [0.3, 0.4) is 0 Å². The highest BCUT2D eigenvalue weighted by atomic mass is 35.5. The van der Waals surface area contributed by atoms with Gasteiger partial charge in [0.1, 0.15) is 0 Å². The van der Waals surface area contributed by atoms with Crippen LogP contribution in [-0.2, 0) is 11.3 Å². The van der Waals surface area contributed by atoms with Crippen molar-refractivity contribution in [1.29, 1.82) is 0 Å². The lowest BCUT2D eigenvalue weighted by Crippen LogP contribution is -2.49. The molecule has 1 aliphatic rings. The molecule has 0 N–H and O–H groups in total. The summed E-state index contributed by atoms with van der Waals surface area (Å²) in [5.41, 5.74) is 1.02. The summed E-state index contributed by atoms with van der Waals surface area (Å²) in [6.07, 6.45) is 2.00. The van der Waals surface area contributed by atoms with E-state index in [1.807, 2.05) is 48.2 Å². The predicted molar refractivity (Wildman–Crippen MR) is 73.6 cm³/mol. The van der Waals surface area contributed by atoms with Gasteiger partial charge in [0.25, 0.3) is 0 Å². The standard InChI is InChI=1S/C14H19ClN2O/c1-16(2)13-8-5-9-17(14(13)18)10-11-6-3-4-7-12(11)15/h3-4,6-7,13H,5,8-10H2,1-2H3/t13-/m1/s1. The van der Waals surface area contributed by atoms with E-state index >= 15 is 0 Å². The number of carbonyl (C=O) groups is 1. The number of benzene rings is 1. The number of hydrogen-bond donors (Lipinski definition) is 0. The van der Waals surface area contributed by atoms with Crippen LogP contribution in [-0.4, -0.2) is 42.4 Å². The Bertz CT molecular complexity index is 434. The van der Waals surface area contributed by atoms with Crippen LogP contribution in [0.2, 0.25) is 5.02 Å². The van der Waals surface area contributed by atoms with Crippen molar-refractivity contribution in [3.63, 3.8) is 0 Å². The molecule has 0 aromatic heterocycles. The minimum atomic E-state index is 0.0150. The zero-order valence-electron chi connectivity index (χ0n) is 10.9. The van der Waals surface area contributed by atoms with E-state index in [1.54, 1.807) is 0 Å². The van der Waals surface area contributed by atoms with Crippen molar-refractivity contribution in [3.8, 4) is 0 Å². The molecule has 0 bridgehead atoms. The number of halogens is 1. The van der Waals surface area contributed by atoms with Crippen molar-refractivity contribution >= 4 is 17.5 Å². The molecule has 0 aliphatic carbocycles. The second-order valence-electron chi connectivity index (χ2n) is 4.97. The van der Waals surface area contributed by atoms with Crippen molar-refractivity contribution in [3.05, 3.63) is 34.9 Å². The molecule has 1 aromatic rings. The maximum Gasteiger partial charge on any atom is 0.240 e. The van der Waals surface area contributed by atoms with Gasteiger partial charge in [-0.25, -0.2) is 0 Å². The molecule has 4 heteroatoms. The van der Waals surface area contributed by atoms with Crippen LogP contribution in [0, 0.1) is 0 Å². The summed E-state index contributed by atoms with van der Waals surface area (Å²) < 4.78 is 0. The van der Waals surface area contributed by atoms with Crippen molar-refractivity contribution in [1.82, 2.24) is 9.80 Å². The first kappa shape index (κ1) is 13.4. The summed E-state index contributed by atoms with van der Waals surface area (Å²) in [5, 5.41) is 0.734. The third-order valence-corrected chi connectivity index (χ3v) is 3.81. The summed E-state index contributed by atoms with van der Waals surface area (Å²) in [4.78, 5) is 16.2. The number of rotatable bonds is 3. The molecule has 1 atom stereocenters. The predicted octanol–water partition coefficient (Wildman–Crippen LogP) is 2.39. The number of hydrogen-bond acceptors (Lipinski definition) is 2. The molecule has 1 amide bonds. The van der Waals surface area contributed by atoms with Crippen LogP contribution >= 0.6 is 11.6 Å². The Balaban J connectivity index is 2.10. The van der Waals surface area contributed by atoms with Crippen molar-refractivity contribution in [2.24, 2.45) is 0 Å². The Morgan fingerprint density at radius 3 is 2.78 bits per heavy atom. The van der Waals surface area contributed by atoms with Gasteiger partial charge in [0, 0.05) is 18.1 Å². The van der Waals surface area contributed by atoms with Crippen LogP contribution in [0.5, 0.6) is 0 Å². The second kappa shape index (κ2) is 5.72. The van der Waals surface area contributed by atoms with E-state index in [2.05, 4.69) is 0 Å². The van der Waals surface area contributed by atoms with Crippen molar-refractivity contribution in [2.75, 3.05) is 20.6 Å². The zero-order valence-corrected chi connectivity index (χ0v) is 11.7. The van der Waals surface area contributed by atoms with Crippen LogP contribution in [0.4, 0.5) is 0 Å². The number of carbonyl (C=O) groups excluding carboxylic acids is 1. The molecule has 1 fully saturated rings. The van der Waals surface area contributed by atoms with Gasteiger partial charge in [0.15, 0.2) is 0 Å². The summed E-state index contributed by atoms with van der Waals surface area (Å²) in [6, 6.07) is 7.73. The number of likely N-dealkylation sites (tertiary alicyclic amines) is 1. The molecule has 2 rings (SSSR count). The highest BCUT2D eigenvalue weighted by molar-refractivity contribution is 6.31. The van der Waals surface area contributed by atoms with Gasteiger partial charge < -0.3 is 4.90 Å². The molecule has 18 heavy (non-hydrogen) atoms. The SMILES string of the molecule is CN(C)[C@@H]1CCCN(Cc2ccccc2Cl)C1=O. The monoisotopic (exact) mass is 266 g/mol. The van der Waals surface area contributed by atoms with E-state index in [-0.39, 0.29) is 11.9 Å². The van der Waals surface area contributed by atoms with E-state index < -0.39 is 0 Å². The van der Waals surface area contributed by atoms with Crippen LogP contribution in [0.1, 0.15) is 18.4 Å². The average molecular weight is 267 g/mol. The molecule has 1 aromatic carbocycles. The van der Waals surface area contributed by atoms with Crippen LogP contribution < -0.4 is 0 Å². The van der Waals surface area contributed by atoms with Gasteiger partial charge in [-0.1, -0.05) is 29.8 Å². The van der Waals surface area contributed by atoms with Crippen molar-refractivity contribution in [2.45, 2.75) is 25.4 Å². The minimum Gasteiger partial charge on any atom is -0.337 e. The molecule has 1 heterocycles. The van der Waals surface area contributed by atoms with Crippen LogP contribution in [0.25, 0.3) is 0 Å². The van der Waals surface area contributed by atoms with Crippen molar-refractivity contribution < 1.29 is 4.79 Å².